The average molecular weight is 288 g/mol. The maximum atomic E-state index is 6.53. The Bertz CT molecular complexity index is 453. The second kappa shape index (κ2) is 6.93. The number of likely N-dealkylation sites (tertiary alicyclic amines) is 1. The molecule has 0 aromatic heterocycles. The number of hydrogen-bond acceptors (Lipinski definition) is 2. The number of aryl methyl sites for hydroxylation is 1. The Morgan fingerprint density at radius 2 is 1.90 bits per heavy atom. The van der Waals surface area contributed by atoms with Gasteiger partial charge in [0, 0.05) is 6.04 Å². The first kappa shape index (κ1) is 16.5. The molecule has 0 radical (unpaired) electrons. The highest BCUT2D eigenvalue weighted by Gasteiger charge is 2.30. The molecule has 1 aromatic rings. The third-order valence-corrected chi connectivity index (χ3v) is 5.15. The number of nitrogens with two attached hydrogens (primary N) is 1. The van der Waals surface area contributed by atoms with Gasteiger partial charge in [-0.25, -0.2) is 0 Å². The van der Waals surface area contributed by atoms with Crippen molar-refractivity contribution in [3.05, 3.63) is 35.4 Å². The smallest absolute Gasteiger partial charge is 0.0501 e. The molecule has 0 saturated carbocycles. The zero-order valence-electron chi connectivity index (χ0n) is 14.2. The third kappa shape index (κ3) is 4.08. The lowest BCUT2D eigenvalue weighted by Crippen LogP contribution is -2.42. The summed E-state index contributed by atoms with van der Waals surface area (Å²) in [5.41, 5.74) is 9.79. The molecule has 1 fully saturated rings. The SMILES string of the molecule is CCC(N)C(c1ccccc1C)N1CCCC(C)(C)CC1. The van der Waals surface area contributed by atoms with Gasteiger partial charge in [-0.05, 0) is 62.2 Å². The van der Waals surface area contributed by atoms with Crippen molar-refractivity contribution in [3.63, 3.8) is 0 Å². The molecule has 2 nitrogen and oxygen atoms in total. The molecule has 2 rings (SSSR count). The predicted molar refractivity (Wildman–Crippen MR) is 91.4 cm³/mol. The molecule has 118 valence electrons. The molecule has 0 bridgehead atoms. The van der Waals surface area contributed by atoms with Gasteiger partial charge < -0.3 is 5.73 Å². The normalized spacial score (nSPS) is 22.5. The molecule has 0 amide bonds. The van der Waals surface area contributed by atoms with Gasteiger partial charge in [-0.3, -0.25) is 4.90 Å². The average Bonchev–Trinajstić information content (AvgIpc) is 2.62. The van der Waals surface area contributed by atoms with Gasteiger partial charge >= 0.3 is 0 Å². The molecule has 21 heavy (non-hydrogen) atoms. The van der Waals surface area contributed by atoms with E-state index in [0.717, 1.165) is 6.42 Å². The van der Waals surface area contributed by atoms with E-state index in [2.05, 4.69) is 56.9 Å². The Kier molecular flexibility index (Phi) is 5.45. The van der Waals surface area contributed by atoms with Crippen LogP contribution in [-0.4, -0.2) is 24.0 Å². The molecule has 1 heterocycles. The van der Waals surface area contributed by atoms with E-state index in [-0.39, 0.29) is 6.04 Å². The second-order valence-corrected chi connectivity index (χ2v) is 7.43. The van der Waals surface area contributed by atoms with Gasteiger partial charge in [0.05, 0.1) is 6.04 Å². The quantitative estimate of drug-likeness (QED) is 0.895. The molecular weight excluding hydrogens is 256 g/mol. The van der Waals surface area contributed by atoms with Crippen LogP contribution in [0.2, 0.25) is 0 Å². The molecule has 1 aromatic carbocycles. The van der Waals surface area contributed by atoms with Crippen molar-refractivity contribution in [3.8, 4) is 0 Å². The van der Waals surface area contributed by atoms with Crippen LogP contribution in [0.1, 0.15) is 63.6 Å². The number of rotatable bonds is 4. The van der Waals surface area contributed by atoms with Crippen LogP contribution < -0.4 is 5.73 Å². The van der Waals surface area contributed by atoms with Crippen LogP contribution in [0.25, 0.3) is 0 Å². The fourth-order valence-corrected chi connectivity index (χ4v) is 3.56. The first-order chi connectivity index (χ1) is 9.94. The van der Waals surface area contributed by atoms with Crippen LogP contribution in [0.5, 0.6) is 0 Å². The van der Waals surface area contributed by atoms with E-state index in [0.29, 0.717) is 11.5 Å². The van der Waals surface area contributed by atoms with Crippen molar-refractivity contribution < 1.29 is 0 Å². The summed E-state index contributed by atoms with van der Waals surface area (Å²) in [6.07, 6.45) is 4.90. The molecule has 2 atom stereocenters. The molecule has 0 spiro atoms. The molecular formula is C19H32N2. The summed E-state index contributed by atoms with van der Waals surface area (Å²) in [5, 5.41) is 0. The van der Waals surface area contributed by atoms with Gasteiger partial charge in [-0.15, -0.1) is 0 Å². The molecule has 0 aliphatic carbocycles. The number of benzene rings is 1. The second-order valence-electron chi connectivity index (χ2n) is 7.43. The van der Waals surface area contributed by atoms with Crippen molar-refractivity contribution in [2.24, 2.45) is 11.1 Å². The molecule has 1 saturated heterocycles. The topological polar surface area (TPSA) is 29.3 Å². The van der Waals surface area contributed by atoms with Crippen LogP contribution in [0.3, 0.4) is 0 Å². The van der Waals surface area contributed by atoms with E-state index in [4.69, 9.17) is 5.73 Å². The van der Waals surface area contributed by atoms with Crippen LogP contribution in [-0.2, 0) is 0 Å². The summed E-state index contributed by atoms with van der Waals surface area (Å²) in [7, 11) is 0. The Morgan fingerprint density at radius 3 is 2.57 bits per heavy atom. The lowest BCUT2D eigenvalue weighted by atomic mass is 9.85. The van der Waals surface area contributed by atoms with Gasteiger partial charge in [0.2, 0.25) is 0 Å². The number of nitrogens with zero attached hydrogens (tertiary/aromatic N) is 1. The summed E-state index contributed by atoms with van der Waals surface area (Å²) in [5.74, 6) is 0. The van der Waals surface area contributed by atoms with E-state index in [1.54, 1.807) is 0 Å². The van der Waals surface area contributed by atoms with Gasteiger partial charge in [-0.2, -0.15) is 0 Å². The lowest BCUT2D eigenvalue weighted by molar-refractivity contribution is 0.168. The lowest BCUT2D eigenvalue weighted by Gasteiger charge is -2.36. The predicted octanol–water partition coefficient (Wildman–Crippen LogP) is 4.29. The Labute approximate surface area is 130 Å². The van der Waals surface area contributed by atoms with E-state index < -0.39 is 0 Å². The maximum absolute atomic E-state index is 6.53. The van der Waals surface area contributed by atoms with E-state index in [1.807, 2.05) is 0 Å². The maximum Gasteiger partial charge on any atom is 0.0501 e. The minimum atomic E-state index is 0.215. The fraction of sp³-hybridized carbons (Fsp3) is 0.684. The van der Waals surface area contributed by atoms with E-state index in [9.17, 15) is 0 Å². The monoisotopic (exact) mass is 288 g/mol. The van der Waals surface area contributed by atoms with E-state index >= 15 is 0 Å². The summed E-state index contributed by atoms with van der Waals surface area (Å²) < 4.78 is 0. The minimum Gasteiger partial charge on any atom is -0.326 e. The summed E-state index contributed by atoms with van der Waals surface area (Å²) >= 11 is 0. The number of hydrogen-bond donors (Lipinski definition) is 1. The van der Waals surface area contributed by atoms with Gasteiger partial charge in [0.25, 0.3) is 0 Å². The van der Waals surface area contributed by atoms with Crippen LogP contribution in [0.4, 0.5) is 0 Å². The largest absolute Gasteiger partial charge is 0.326 e. The Morgan fingerprint density at radius 1 is 1.19 bits per heavy atom. The Hall–Kier alpha value is -0.860. The van der Waals surface area contributed by atoms with Crippen molar-refractivity contribution in [1.29, 1.82) is 0 Å². The van der Waals surface area contributed by atoms with Crippen LogP contribution in [0, 0.1) is 12.3 Å². The van der Waals surface area contributed by atoms with Crippen LogP contribution >= 0.6 is 0 Å². The van der Waals surface area contributed by atoms with Gasteiger partial charge in [0.1, 0.15) is 0 Å². The van der Waals surface area contributed by atoms with Crippen molar-refractivity contribution in [2.45, 2.75) is 65.5 Å². The Balaban J connectivity index is 2.26. The molecule has 2 heteroatoms. The van der Waals surface area contributed by atoms with Gasteiger partial charge in [0.15, 0.2) is 0 Å². The van der Waals surface area contributed by atoms with Crippen molar-refractivity contribution in [2.75, 3.05) is 13.1 Å². The molecule has 1 aliphatic rings. The minimum absolute atomic E-state index is 0.215. The van der Waals surface area contributed by atoms with Crippen molar-refractivity contribution in [1.82, 2.24) is 4.90 Å². The van der Waals surface area contributed by atoms with Crippen molar-refractivity contribution >= 4 is 0 Å². The highest BCUT2D eigenvalue weighted by atomic mass is 15.2. The summed E-state index contributed by atoms with van der Waals surface area (Å²) in [4.78, 5) is 2.64. The zero-order chi connectivity index (χ0) is 15.5. The molecule has 2 unspecified atom stereocenters. The standard InChI is InChI=1S/C19H32N2/c1-5-17(20)18(16-10-7-6-9-15(16)2)21-13-8-11-19(3,4)12-14-21/h6-7,9-10,17-18H,5,8,11-14,20H2,1-4H3. The van der Waals surface area contributed by atoms with E-state index in [1.165, 1.54) is 43.5 Å². The van der Waals surface area contributed by atoms with Gasteiger partial charge in [-0.1, -0.05) is 45.0 Å². The third-order valence-electron chi connectivity index (χ3n) is 5.15. The molecule has 2 N–H and O–H groups in total. The summed E-state index contributed by atoms with van der Waals surface area (Å²) in [6.45, 7) is 11.6. The summed E-state index contributed by atoms with van der Waals surface area (Å²) in [6, 6.07) is 9.34. The zero-order valence-corrected chi connectivity index (χ0v) is 14.2. The molecule has 1 aliphatic heterocycles. The first-order valence-electron chi connectivity index (χ1n) is 8.50. The van der Waals surface area contributed by atoms with Crippen LogP contribution in [0.15, 0.2) is 24.3 Å². The highest BCUT2D eigenvalue weighted by molar-refractivity contribution is 5.30. The first-order valence-corrected chi connectivity index (χ1v) is 8.50. The highest BCUT2D eigenvalue weighted by Crippen LogP contribution is 2.35. The fourth-order valence-electron chi connectivity index (χ4n) is 3.56.